The van der Waals surface area contributed by atoms with Crippen molar-refractivity contribution in [3.8, 4) is 0 Å². The molecule has 0 atom stereocenters. The van der Waals surface area contributed by atoms with Crippen LogP contribution in [-0.4, -0.2) is 31.8 Å². The number of benzene rings is 1. The summed E-state index contributed by atoms with van der Waals surface area (Å²) in [7, 11) is -3.41. The summed E-state index contributed by atoms with van der Waals surface area (Å²) in [6, 6.07) is 7.02. The average Bonchev–Trinajstić information content (AvgIpc) is 3.01. The molecule has 4 nitrogen and oxygen atoms in total. The van der Waals surface area contributed by atoms with Gasteiger partial charge in [0.25, 0.3) is 10.0 Å². The second-order valence-electron chi connectivity index (χ2n) is 5.36. The zero-order valence-electron chi connectivity index (χ0n) is 11.4. The third-order valence-electron chi connectivity index (χ3n) is 4.14. The summed E-state index contributed by atoms with van der Waals surface area (Å²) in [4.78, 5) is 4.93. The van der Waals surface area contributed by atoms with E-state index in [2.05, 4.69) is 16.0 Å². The molecule has 0 unspecified atom stereocenters. The predicted molar refractivity (Wildman–Crippen MR) is 82.9 cm³/mol. The number of hydrogen-bond acceptors (Lipinski definition) is 4. The summed E-state index contributed by atoms with van der Waals surface area (Å²) >= 11 is 1.86. The van der Waals surface area contributed by atoms with Gasteiger partial charge >= 0.3 is 0 Å². The maximum absolute atomic E-state index is 12.0. The highest BCUT2D eigenvalue weighted by Crippen LogP contribution is 2.40. The van der Waals surface area contributed by atoms with E-state index in [-0.39, 0.29) is 4.75 Å². The lowest BCUT2D eigenvalue weighted by atomic mass is 10.1. The van der Waals surface area contributed by atoms with Crippen LogP contribution in [0, 0.1) is 0 Å². The zero-order valence-corrected chi connectivity index (χ0v) is 13.1. The van der Waals surface area contributed by atoms with E-state index >= 15 is 0 Å². The van der Waals surface area contributed by atoms with Gasteiger partial charge in [0.1, 0.15) is 5.84 Å². The molecule has 6 heteroatoms. The molecule has 0 spiro atoms. The van der Waals surface area contributed by atoms with E-state index in [1.165, 1.54) is 25.7 Å². The quantitative estimate of drug-likeness (QED) is 0.932. The minimum absolute atomic E-state index is 0.190. The molecule has 0 aromatic heterocycles. The van der Waals surface area contributed by atoms with Crippen molar-refractivity contribution in [2.45, 2.75) is 35.3 Å². The van der Waals surface area contributed by atoms with Crippen LogP contribution in [0.4, 0.5) is 0 Å². The number of sulfonamides is 1. The monoisotopic (exact) mass is 310 g/mol. The van der Waals surface area contributed by atoms with E-state index in [1.54, 1.807) is 12.1 Å². The van der Waals surface area contributed by atoms with Crippen molar-refractivity contribution in [2.75, 3.05) is 12.8 Å². The van der Waals surface area contributed by atoms with Crippen LogP contribution in [0.15, 0.2) is 34.2 Å². The Hall–Kier alpha value is -1.01. The van der Waals surface area contributed by atoms with Crippen molar-refractivity contribution < 1.29 is 8.42 Å². The number of rotatable bonds is 3. The Morgan fingerprint density at radius 2 is 2.00 bits per heavy atom. The van der Waals surface area contributed by atoms with Gasteiger partial charge in [0.2, 0.25) is 0 Å². The lowest BCUT2D eigenvalue weighted by Crippen LogP contribution is -2.28. The van der Waals surface area contributed by atoms with Crippen LogP contribution in [0.1, 0.15) is 31.2 Å². The highest BCUT2D eigenvalue weighted by molar-refractivity contribution is 8.00. The predicted octanol–water partition coefficient (Wildman–Crippen LogP) is 2.40. The Morgan fingerprint density at radius 1 is 1.30 bits per heavy atom. The van der Waals surface area contributed by atoms with Crippen molar-refractivity contribution >= 4 is 27.6 Å². The number of hydrogen-bond donors (Lipinski definition) is 1. The molecule has 0 radical (unpaired) electrons. The van der Waals surface area contributed by atoms with Crippen molar-refractivity contribution in [3.05, 3.63) is 29.8 Å². The third-order valence-corrected chi connectivity index (χ3v) is 6.94. The molecule has 20 heavy (non-hydrogen) atoms. The molecule has 2 aliphatic rings. The summed E-state index contributed by atoms with van der Waals surface area (Å²) in [6.07, 6.45) is 6.94. The van der Waals surface area contributed by atoms with Gasteiger partial charge in [-0.2, -0.15) is 11.8 Å². The van der Waals surface area contributed by atoms with Gasteiger partial charge in [0.15, 0.2) is 0 Å². The zero-order chi connectivity index (χ0) is 14.2. The van der Waals surface area contributed by atoms with E-state index in [1.807, 2.05) is 23.9 Å². The van der Waals surface area contributed by atoms with Crippen LogP contribution in [0.2, 0.25) is 0 Å². The van der Waals surface area contributed by atoms with Gasteiger partial charge in [0, 0.05) is 10.3 Å². The summed E-state index contributed by atoms with van der Waals surface area (Å²) in [5, 5.41) is 0. The molecule has 1 aromatic carbocycles. The van der Waals surface area contributed by atoms with Crippen LogP contribution >= 0.6 is 11.8 Å². The number of aliphatic imine (C=N–C) groups is 1. The molecular weight excluding hydrogens is 292 g/mol. The number of nitrogens with zero attached hydrogens (tertiary/aromatic N) is 1. The molecule has 1 heterocycles. The summed E-state index contributed by atoms with van der Waals surface area (Å²) < 4.78 is 26.8. The number of fused-ring (bicyclic) bond motifs is 1. The molecule has 1 aliphatic carbocycles. The molecule has 1 N–H and O–H groups in total. The topological polar surface area (TPSA) is 58.5 Å². The molecule has 1 fully saturated rings. The van der Waals surface area contributed by atoms with Gasteiger partial charge in [-0.25, -0.2) is 8.42 Å². The van der Waals surface area contributed by atoms with E-state index < -0.39 is 10.0 Å². The SMILES string of the molecule is CSC1(CN=C2NS(=O)(=O)c3ccccc32)CCCC1. The number of nitrogens with one attached hydrogen (secondary N) is 1. The lowest BCUT2D eigenvalue weighted by molar-refractivity contribution is 0.594. The minimum atomic E-state index is -3.41. The fourth-order valence-electron chi connectivity index (χ4n) is 2.92. The molecule has 1 aliphatic heterocycles. The summed E-state index contributed by atoms with van der Waals surface area (Å²) in [5.41, 5.74) is 0.696. The number of thioether (sulfide) groups is 1. The maximum atomic E-state index is 12.0. The van der Waals surface area contributed by atoms with Crippen LogP contribution < -0.4 is 4.72 Å². The first kappa shape index (κ1) is 13.9. The smallest absolute Gasteiger partial charge is 0.263 e. The maximum Gasteiger partial charge on any atom is 0.263 e. The molecule has 1 saturated carbocycles. The van der Waals surface area contributed by atoms with E-state index in [4.69, 9.17) is 0 Å². The first-order valence-corrected chi connectivity index (χ1v) is 9.49. The Balaban J connectivity index is 1.91. The molecule has 1 aromatic rings. The first-order chi connectivity index (χ1) is 9.56. The number of amidine groups is 1. The van der Waals surface area contributed by atoms with Gasteiger partial charge in [-0.1, -0.05) is 25.0 Å². The molecule has 0 amide bonds. The van der Waals surface area contributed by atoms with Crippen molar-refractivity contribution in [3.63, 3.8) is 0 Å². The van der Waals surface area contributed by atoms with Gasteiger partial charge in [-0.3, -0.25) is 9.71 Å². The van der Waals surface area contributed by atoms with Crippen molar-refractivity contribution in [1.29, 1.82) is 0 Å². The van der Waals surface area contributed by atoms with E-state index in [9.17, 15) is 8.42 Å². The van der Waals surface area contributed by atoms with E-state index in [0.717, 1.165) is 0 Å². The molecule has 0 saturated heterocycles. The van der Waals surface area contributed by atoms with E-state index in [0.29, 0.717) is 22.8 Å². The molecule has 3 rings (SSSR count). The van der Waals surface area contributed by atoms with Gasteiger partial charge < -0.3 is 0 Å². The highest BCUT2D eigenvalue weighted by Gasteiger charge is 2.35. The highest BCUT2D eigenvalue weighted by atomic mass is 32.2. The van der Waals surface area contributed by atoms with Crippen LogP contribution in [0.5, 0.6) is 0 Å². The Bertz CT molecular complexity index is 647. The van der Waals surface area contributed by atoms with Crippen molar-refractivity contribution in [2.24, 2.45) is 4.99 Å². The van der Waals surface area contributed by atoms with Gasteiger partial charge in [-0.05, 0) is 31.2 Å². The summed E-state index contributed by atoms with van der Waals surface area (Å²) in [6.45, 7) is 0.681. The first-order valence-electron chi connectivity index (χ1n) is 6.78. The lowest BCUT2D eigenvalue weighted by Gasteiger charge is -2.24. The Kier molecular flexibility index (Phi) is 3.54. The summed E-state index contributed by atoms with van der Waals surface area (Å²) in [5.74, 6) is 0.501. The Morgan fingerprint density at radius 3 is 2.70 bits per heavy atom. The second kappa shape index (κ2) is 5.07. The Labute approximate surface area is 124 Å². The fraction of sp³-hybridized carbons (Fsp3) is 0.500. The van der Waals surface area contributed by atoms with Crippen LogP contribution in [-0.2, 0) is 10.0 Å². The largest absolute Gasteiger partial charge is 0.266 e. The standard InChI is InChI=1S/C14H18N2O2S2/c1-19-14(8-4-5-9-14)10-15-13-11-6-2-3-7-12(11)20(17,18)16-13/h2-3,6-7H,4-5,8-10H2,1H3,(H,15,16). The van der Waals surface area contributed by atoms with Crippen molar-refractivity contribution in [1.82, 2.24) is 4.72 Å². The molecular formula is C14H18N2O2S2. The third kappa shape index (κ3) is 2.35. The van der Waals surface area contributed by atoms with Gasteiger partial charge in [-0.15, -0.1) is 0 Å². The fourth-order valence-corrected chi connectivity index (χ4v) is 5.06. The van der Waals surface area contributed by atoms with Crippen LogP contribution in [0.3, 0.4) is 0 Å². The minimum Gasteiger partial charge on any atom is -0.266 e. The normalized spacial score (nSPS) is 24.6. The second-order valence-corrected chi connectivity index (χ2v) is 8.29. The molecule has 0 bridgehead atoms. The molecule has 108 valence electrons. The van der Waals surface area contributed by atoms with Gasteiger partial charge in [0.05, 0.1) is 11.4 Å². The van der Waals surface area contributed by atoms with Crippen LogP contribution in [0.25, 0.3) is 0 Å². The average molecular weight is 310 g/mol.